The first kappa shape index (κ1) is 37.4. The summed E-state index contributed by atoms with van der Waals surface area (Å²) in [5.41, 5.74) is 6.34. The summed E-state index contributed by atoms with van der Waals surface area (Å²) < 4.78 is 5.74. The maximum absolute atomic E-state index is 13.8. The van der Waals surface area contributed by atoms with Crippen LogP contribution in [0.5, 0.6) is 0 Å². The van der Waals surface area contributed by atoms with Crippen LogP contribution < -0.4 is 9.47 Å². The molecule has 1 aliphatic rings. The van der Waals surface area contributed by atoms with E-state index in [0.29, 0.717) is 11.1 Å². The number of para-hydroxylation sites is 1. The molecule has 2 heterocycles. The Hall–Kier alpha value is -3.90. The number of carbonyl (C=O) groups is 1. The average molecular weight is 693 g/mol. The van der Waals surface area contributed by atoms with Gasteiger partial charge in [-0.1, -0.05) is 114 Å². The average Bonchev–Trinajstić information content (AvgIpc) is 3.70. The molecule has 2 aromatic heterocycles. The Morgan fingerprint density at radius 1 is 0.760 bits per heavy atom. The summed E-state index contributed by atoms with van der Waals surface area (Å²) in [4.78, 5) is 16.3. The van der Waals surface area contributed by atoms with E-state index in [1.807, 2.05) is 12.1 Å². The maximum Gasteiger partial charge on any atom is 0.263 e. The van der Waals surface area contributed by atoms with Crippen LogP contribution in [0.3, 0.4) is 0 Å². The van der Waals surface area contributed by atoms with Gasteiger partial charge in [0.2, 0.25) is 11.3 Å². The highest BCUT2D eigenvalue weighted by Crippen LogP contribution is 2.39. The van der Waals surface area contributed by atoms with Crippen molar-refractivity contribution in [3.63, 3.8) is 0 Å². The van der Waals surface area contributed by atoms with E-state index in [1.165, 1.54) is 73.7 Å². The number of carbonyl (C=O) groups excluding carboxylic acids is 1. The molecule has 0 atom stereocenters. The summed E-state index contributed by atoms with van der Waals surface area (Å²) in [7, 11) is 0. The van der Waals surface area contributed by atoms with Gasteiger partial charge in [0, 0.05) is 49.6 Å². The molecule has 0 radical (unpaired) electrons. The lowest BCUT2D eigenvalue weighted by Gasteiger charge is -2.24. The number of nitrogens with zero attached hydrogens (tertiary/aromatic N) is 3. The molecule has 0 bridgehead atoms. The van der Waals surface area contributed by atoms with Crippen molar-refractivity contribution in [1.29, 1.82) is 0 Å². The van der Waals surface area contributed by atoms with Crippen LogP contribution in [0.1, 0.15) is 127 Å². The Morgan fingerprint density at radius 2 is 1.44 bits per heavy atom. The number of rotatable bonds is 21. The van der Waals surface area contributed by atoms with E-state index in [2.05, 4.69) is 108 Å². The van der Waals surface area contributed by atoms with Crippen molar-refractivity contribution in [2.24, 2.45) is 0 Å². The smallest absolute Gasteiger partial charge is 0.263 e. The number of aromatic nitrogens is 2. The number of aryl methyl sites for hydroxylation is 1. The predicted molar refractivity (Wildman–Crippen MR) is 215 cm³/mol. The Labute approximate surface area is 304 Å². The van der Waals surface area contributed by atoms with Crippen molar-refractivity contribution in [2.45, 2.75) is 118 Å². The Morgan fingerprint density at radius 3 is 2.12 bits per heavy atom. The lowest BCUT2D eigenvalue weighted by Crippen LogP contribution is -2.35. The molecule has 0 amide bonds. The molecule has 0 saturated heterocycles. The van der Waals surface area contributed by atoms with E-state index in [9.17, 15) is 9.90 Å². The largest absolute Gasteiger partial charge is 0.506 e. The topological polar surface area (TPSA) is 49.4 Å². The fraction of sp³-hybridized carbons (Fsp3) is 0.455. The van der Waals surface area contributed by atoms with Crippen LogP contribution in [0.15, 0.2) is 72.0 Å². The van der Waals surface area contributed by atoms with E-state index in [0.717, 1.165) is 67.4 Å². The Bertz CT molecular complexity index is 1780. The number of aliphatic hydroxyl groups is 1. The van der Waals surface area contributed by atoms with Gasteiger partial charge in [0.05, 0.1) is 16.8 Å². The molecule has 0 spiro atoms. The van der Waals surface area contributed by atoms with E-state index in [4.69, 9.17) is 0 Å². The van der Waals surface area contributed by atoms with Crippen LogP contribution in [0.25, 0.3) is 34.0 Å². The van der Waals surface area contributed by atoms with Gasteiger partial charge in [-0.3, -0.25) is 4.79 Å². The second-order valence-electron chi connectivity index (χ2n) is 13.7. The molecule has 6 heteroatoms. The third-order valence-electron chi connectivity index (χ3n) is 9.88. The van der Waals surface area contributed by atoms with E-state index in [-0.39, 0.29) is 11.5 Å². The first-order chi connectivity index (χ1) is 24.5. The van der Waals surface area contributed by atoms with Gasteiger partial charge in [-0.05, 0) is 67.7 Å². The number of thiazole rings is 1. The van der Waals surface area contributed by atoms with Gasteiger partial charge >= 0.3 is 0 Å². The van der Waals surface area contributed by atoms with Crippen LogP contribution in [-0.2, 0) is 17.9 Å². The minimum absolute atomic E-state index is 0.0767. The fourth-order valence-electron chi connectivity index (χ4n) is 6.84. The van der Waals surface area contributed by atoms with Crippen molar-refractivity contribution in [3.8, 4) is 0 Å². The van der Waals surface area contributed by atoms with Crippen molar-refractivity contribution in [1.82, 2.24) is 4.57 Å². The summed E-state index contributed by atoms with van der Waals surface area (Å²) in [6, 6.07) is 21.4. The van der Waals surface area contributed by atoms with Gasteiger partial charge in [0.25, 0.3) is 5.01 Å². The first-order valence-electron chi connectivity index (χ1n) is 19.3. The van der Waals surface area contributed by atoms with Gasteiger partial charge < -0.3 is 14.6 Å². The first-order valence-corrected chi connectivity index (χ1v) is 20.2. The van der Waals surface area contributed by atoms with E-state index in [1.54, 1.807) is 11.3 Å². The molecule has 0 fully saturated rings. The number of aliphatic hydroxyl groups excluding tert-OH is 1. The van der Waals surface area contributed by atoms with Gasteiger partial charge in [-0.25, -0.2) is 0 Å². The molecule has 1 aliphatic carbocycles. The van der Waals surface area contributed by atoms with Crippen LogP contribution in [0.4, 0.5) is 5.69 Å². The molecular formula is C44H58N3O2S+. The third-order valence-corrected chi connectivity index (χ3v) is 11.0. The zero-order valence-corrected chi connectivity index (χ0v) is 31.7. The lowest BCUT2D eigenvalue weighted by molar-refractivity contribution is -0.669. The predicted octanol–water partition coefficient (Wildman–Crippen LogP) is 11.7. The number of hydrogen-bond donors (Lipinski definition) is 1. The zero-order valence-electron chi connectivity index (χ0n) is 30.9. The summed E-state index contributed by atoms with van der Waals surface area (Å²) >= 11 is 1.69. The van der Waals surface area contributed by atoms with Gasteiger partial charge in [0.15, 0.2) is 6.54 Å². The minimum Gasteiger partial charge on any atom is -0.506 e. The quantitative estimate of drug-likeness (QED) is 0.0537. The number of hydrogen-bond acceptors (Lipinski definition) is 4. The summed E-state index contributed by atoms with van der Waals surface area (Å²) in [6.07, 6.45) is 20.3. The molecule has 266 valence electrons. The highest BCUT2D eigenvalue weighted by atomic mass is 32.1. The second-order valence-corrected chi connectivity index (χ2v) is 14.8. The van der Waals surface area contributed by atoms with Gasteiger partial charge in [-0.2, -0.15) is 4.57 Å². The zero-order chi connectivity index (χ0) is 35.3. The highest BCUT2D eigenvalue weighted by molar-refractivity contribution is 7.18. The normalized spacial score (nSPS) is 14.1. The maximum atomic E-state index is 13.8. The Balaban J connectivity index is 1.41. The molecule has 0 saturated carbocycles. The van der Waals surface area contributed by atoms with Crippen molar-refractivity contribution >= 4 is 56.8 Å². The molecule has 1 N–H and O–H groups in total. The number of ketones is 1. The number of Topliss-reactive ketones (excluding diaryl/α,β-unsaturated/α-hetero) is 1. The lowest BCUT2D eigenvalue weighted by atomic mass is 9.85. The molecule has 4 aromatic rings. The molecular weight excluding hydrogens is 635 g/mol. The SMILES string of the molecule is CCCCCCn1c(/C=C/c2ccc(N(CCCC)CCCC)cc2)ccc1C1=C(O)/C(=C/c2sc3ccccc3[n+]2CCCCCC)C1=O. The molecule has 50 heavy (non-hydrogen) atoms. The molecule has 0 aliphatic heterocycles. The van der Waals surface area contributed by atoms with Crippen LogP contribution >= 0.6 is 11.3 Å². The summed E-state index contributed by atoms with van der Waals surface area (Å²) in [6.45, 7) is 12.9. The van der Waals surface area contributed by atoms with Gasteiger partial charge in [-0.15, -0.1) is 0 Å². The van der Waals surface area contributed by atoms with Crippen LogP contribution in [-0.4, -0.2) is 28.5 Å². The van der Waals surface area contributed by atoms with E-state index >= 15 is 0 Å². The van der Waals surface area contributed by atoms with Crippen LogP contribution in [0.2, 0.25) is 0 Å². The standard InChI is InChI=1S/C44H57N3O2S/c1-5-9-13-17-31-46-36(26-23-34-21-24-35(25-22-34)45(29-11-7-3)30-12-8-4)27-28-39(46)42-43(48)37(44(42)49)33-41-47(32-18-14-10-6-2)38-19-15-16-20-40(38)50-41/h15-16,19-28,33H,5-14,17-18,29-32H2,1-4H3/p+1. The number of anilines is 1. The summed E-state index contributed by atoms with van der Waals surface area (Å²) in [5, 5.41) is 12.5. The monoisotopic (exact) mass is 692 g/mol. The number of unbranched alkanes of at least 4 members (excludes halogenated alkanes) is 8. The summed E-state index contributed by atoms with van der Waals surface area (Å²) in [5.74, 6) is 0.0342. The van der Waals surface area contributed by atoms with Crippen molar-refractivity contribution < 1.29 is 14.5 Å². The molecule has 2 aromatic carbocycles. The Kier molecular flexibility index (Phi) is 14.1. The van der Waals surface area contributed by atoms with Crippen molar-refractivity contribution in [3.05, 3.63) is 94.0 Å². The molecule has 5 nitrogen and oxygen atoms in total. The number of allylic oxidation sites excluding steroid dienone is 2. The highest BCUT2D eigenvalue weighted by Gasteiger charge is 2.38. The minimum atomic E-state index is -0.0767. The van der Waals surface area contributed by atoms with Gasteiger partial charge in [0.1, 0.15) is 10.5 Å². The molecule has 0 unspecified atom stereocenters. The fourth-order valence-corrected chi connectivity index (χ4v) is 7.98. The van der Waals surface area contributed by atoms with E-state index < -0.39 is 0 Å². The number of benzene rings is 2. The number of fused-ring (bicyclic) bond motifs is 1. The third kappa shape index (κ3) is 9.06. The molecule has 5 rings (SSSR count). The van der Waals surface area contributed by atoms with Crippen molar-refractivity contribution in [2.75, 3.05) is 18.0 Å². The second kappa shape index (κ2) is 18.9. The van der Waals surface area contributed by atoms with Crippen LogP contribution in [0, 0.1) is 0 Å².